The zero-order valence-electron chi connectivity index (χ0n) is 15.1. The lowest BCUT2D eigenvalue weighted by atomic mass is 10.1. The monoisotopic (exact) mass is 351 g/mol. The molecule has 4 rings (SSSR count). The molecule has 3 aromatic rings. The minimum Gasteiger partial charge on any atom is -0.338 e. The van der Waals surface area contributed by atoms with Crippen molar-refractivity contribution in [3.8, 4) is 11.1 Å². The molecule has 1 aliphatic heterocycles. The van der Waals surface area contributed by atoms with Crippen LogP contribution in [0.25, 0.3) is 11.1 Å². The number of hydrogen-bond donors (Lipinski definition) is 1. The summed E-state index contributed by atoms with van der Waals surface area (Å²) in [5, 5.41) is 12.2. The van der Waals surface area contributed by atoms with Gasteiger partial charge in [-0.3, -0.25) is 19.1 Å². The highest BCUT2D eigenvalue weighted by atomic mass is 16.2. The van der Waals surface area contributed by atoms with Crippen LogP contribution in [0, 0.1) is 0 Å². The second-order valence-corrected chi connectivity index (χ2v) is 6.58. The number of anilines is 2. The SMILES string of the molecule is CC(=O)N1CCc2c(c(Nc3cncc(-c4cnn(C)c4)c3)nn2C)C1. The lowest BCUT2D eigenvalue weighted by Crippen LogP contribution is -2.34. The van der Waals surface area contributed by atoms with Crippen LogP contribution < -0.4 is 5.32 Å². The van der Waals surface area contributed by atoms with Gasteiger partial charge in [0.1, 0.15) is 0 Å². The van der Waals surface area contributed by atoms with Crippen LogP contribution in [0.2, 0.25) is 0 Å². The molecule has 134 valence electrons. The fourth-order valence-corrected chi connectivity index (χ4v) is 3.33. The Balaban J connectivity index is 1.63. The van der Waals surface area contributed by atoms with Crippen molar-refractivity contribution < 1.29 is 4.79 Å². The van der Waals surface area contributed by atoms with Crippen LogP contribution in [0.4, 0.5) is 11.5 Å². The van der Waals surface area contributed by atoms with Gasteiger partial charge < -0.3 is 10.2 Å². The third-order valence-electron chi connectivity index (χ3n) is 4.73. The van der Waals surface area contributed by atoms with Crippen LogP contribution in [-0.2, 0) is 31.9 Å². The fraction of sp³-hybridized carbons (Fsp3) is 0.333. The molecule has 4 heterocycles. The Hall–Kier alpha value is -3.16. The normalized spacial score (nSPS) is 13.6. The second kappa shape index (κ2) is 6.29. The average molecular weight is 351 g/mol. The van der Waals surface area contributed by atoms with E-state index in [1.54, 1.807) is 17.8 Å². The summed E-state index contributed by atoms with van der Waals surface area (Å²) < 4.78 is 3.66. The molecule has 1 aliphatic rings. The molecule has 0 spiro atoms. The van der Waals surface area contributed by atoms with E-state index in [-0.39, 0.29) is 5.91 Å². The van der Waals surface area contributed by atoms with Crippen molar-refractivity contribution in [2.75, 3.05) is 11.9 Å². The van der Waals surface area contributed by atoms with E-state index < -0.39 is 0 Å². The molecule has 0 aliphatic carbocycles. The summed E-state index contributed by atoms with van der Waals surface area (Å²) in [5.41, 5.74) is 5.09. The summed E-state index contributed by atoms with van der Waals surface area (Å²) in [7, 11) is 3.83. The number of pyridine rings is 1. The van der Waals surface area contributed by atoms with Gasteiger partial charge in [-0.2, -0.15) is 10.2 Å². The molecule has 26 heavy (non-hydrogen) atoms. The molecule has 0 saturated heterocycles. The van der Waals surface area contributed by atoms with Crippen LogP contribution in [-0.4, -0.2) is 41.9 Å². The smallest absolute Gasteiger partial charge is 0.219 e. The average Bonchev–Trinajstić information content (AvgIpc) is 3.19. The van der Waals surface area contributed by atoms with Gasteiger partial charge in [-0.25, -0.2) is 0 Å². The van der Waals surface area contributed by atoms with Crippen molar-refractivity contribution in [1.82, 2.24) is 29.4 Å². The predicted molar refractivity (Wildman–Crippen MR) is 97.7 cm³/mol. The third-order valence-corrected chi connectivity index (χ3v) is 4.73. The maximum atomic E-state index is 11.7. The molecule has 3 aromatic heterocycles. The Morgan fingerprint density at radius 3 is 2.77 bits per heavy atom. The molecule has 0 atom stereocenters. The third kappa shape index (κ3) is 2.94. The van der Waals surface area contributed by atoms with Crippen LogP contribution >= 0.6 is 0 Å². The van der Waals surface area contributed by atoms with Crippen molar-refractivity contribution in [2.24, 2.45) is 14.1 Å². The minimum atomic E-state index is 0.0886. The summed E-state index contributed by atoms with van der Waals surface area (Å²) in [6.07, 6.45) is 8.16. The first-order valence-corrected chi connectivity index (χ1v) is 8.52. The van der Waals surface area contributed by atoms with Crippen molar-refractivity contribution in [1.29, 1.82) is 0 Å². The topological polar surface area (TPSA) is 80.9 Å². The molecule has 0 fully saturated rings. The second-order valence-electron chi connectivity index (χ2n) is 6.58. The number of amides is 1. The maximum absolute atomic E-state index is 11.7. The Labute approximate surface area is 151 Å². The van der Waals surface area contributed by atoms with Gasteiger partial charge in [-0.15, -0.1) is 0 Å². The predicted octanol–water partition coefficient (Wildman–Crippen LogP) is 1.86. The number of aryl methyl sites for hydroxylation is 2. The molecule has 0 unspecified atom stereocenters. The van der Waals surface area contributed by atoms with Crippen molar-refractivity contribution in [3.05, 3.63) is 42.1 Å². The standard InChI is InChI=1S/C18H21N7O/c1-12(26)25-5-4-17-16(11-25)18(22-24(17)3)21-15-6-13(7-19-9-15)14-8-20-23(2)10-14/h6-10H,4-5,11H2,1-3H3,(H,21,22). The largest absolute Gasteiger partial charge is 0.338 e. The molecular formula is C18H21N7O. The number of nitrogens with one attached hydrogen (secondary N) is 1. The van der Waals surface area contributed by atoms with Crippen LogP contribution in [0.15, 0.2) is 30.9 Å². The van der Waals surface area contributed by atoms with E-state index in [2.05, 4.69) is 20.5 Å². The fourth-order valence-electron chi connectivity index (χ4n) is 3.33. The quantitative estimate of drug-likeness (QED) is 0.779. The van der Waals surface area contributed by atoms with Gasteiger partial charge in [0.25, 0.3) is 0 Å². The molecule has 8 nitrogen and oxygen atoms in total. The van der Waals surface area contributed by atoms with Crippen LogP contribution in [0.3, 0.4) is 0 Å². The molecule has 0 saturated carbocycles. The number of carbonyl (C=O) groups is 1. The number of nitrogens with zero attached hydrogens (tertiary/aromatic N) is 6. The van der Waals surface area contributed by atoms with Crippen molar-refractivity contribution in [3.63, 3.8) is 0 Å². The van der Waals surface area contributed by atoms with E-state index in [4.69, 9.17) is 0 Å². The van der Waals surface area contributed by atoms with Gasteiger partial charge in [0.15, 0.2) is 5.82 Å². The first-order valence-electron chi connectivity index (χ1n) is 8.52. The van der Waals surface area contributed by atoms with Crippen molar-refractivity contribution >= 4 is 17.4 Å². The van der Waals surface area contributed by atoms with E-state index in [1.165, 1.54) is 5.69 Å². The lowest BCUT2D eigenvalue weighted by molar-refractivity contribution is -0.129. The van der Waals surface area contributed by atoms with Gasteiger partial charge in [-0.1, -0.05) is 0 Å². The first-order chi connectivity index (χ1) is 12.5. The molecule has 1 amide bonds. The number of rotatable bonds is 3. The van der Waals surface area contributed by atoms with Crippen molar-refractivity contribution in [2.45, 2.75) is 19.9 Å². The van der Waals surface area contributed by atoms with Gasteiger partial charge >= 0.3 is 0 Å². The summed E-state index contributed by atoms with van der Waals surface area (Å²) in [6.45, 7) is 2.92. The summed E-state index contributed by atoms with van der Waals surface area (Å²) in [5.74, 6) is 0.865. The highest BCUT2D eigenvalue weighted by Crippen LogP contribution is 2.29. The van der Waals surface area contributed by atoms with Gasteiger partial charge in [0, 0.05) is 68.8 Å². The number of carbonyl (C=O) groups excluding carboxylic acids is 1. The van der Waals surface area contributed by atoms with Gasteiger partial charge in [-0.05, 0) is 6.07 Å². The summed E-state index contributed by atoms with van der Waals surface area (Å²) in [6, 6.07) is 2.02. The zero-order chi connectivity index (χ0) is 18.3. The number of hydrogen-bond acceptors (Lipinski definition) is 5. The number of aromatic nitrogens is 5. The summed E-state index contributed by atoms with van der Waals surface area (Å²) in [4.78, 5) is 17.9. The van der Waals surface area contributed by atoms with Crippen LogP contribution in [0.1, 0.15) is 18.2 Å². The van der Waals surface area contributed by atoms with Gasteiger partial charge in [0.2, 0.25) is 5.91 Å². The minimum absolute atomic E-state index is 0.0886. The van der Waals surface area contributed by atoms with Crippen LogP contribution in [0.5, 0.6) is 0 Å². The van der Waals surface area contributed by atoms with E-state index >= 15 is 0 Å². The molecule has 0 radical (unpaired) electrons. The molecule has 0 aromatic carbocycles. The highest BCUT2D eigenvalue weighted by Gasteiger charge is 2.25. The Morgan fingerprint density at radius 1 is 1.19 bits per heavy atom. The molecule has 1 N–H and O–H groups in total. The maximum Gasteiger partial charge on any atom is 0.219 e. The molecule has 8 heteroatoms. The van der Waals surface area contributed by atoms with E-state index in [9.17, 15) is 4.79 Å². The Kier molecular flexibility index (Phi) is 3.95. The molecular weight excluding hydrogens is 330 g/mol. The zero-order valence-corrected chi connectivity index (χ0v) is 15.1. The van der Waals surface area contributed by atoms with E-state index in [0.29, 0.717) is 6.54 Å². The highest BCUT2D eigenvalue weighted by molar-refractivity contribution is 5.74. The first kappa shape index (κ1) is 16.3. The Morgan fingerprint density at radius 2 is 2.04 bits per heavy atom. The lowest BCUT2D eigenvalue weighted by Gasteiger charge is -2.26. The number of fused-ring (bicyclic) bond motifs is 1. The van der Waals surface area contributed by atoms with E-state index in [1.807, 2.05) is 48.3 Å². The van der Waals surface area contributed by atoms with E-state index in [0.717, 1.165) is 41.2 Å². The van der Waals surface area contributed by atoms with Gasteiger partial charge in [0.05, 0.1) is 24.6 Å². The summed E-state index contributed by atoms with van der Waals surface area (Å²) >= 11 is 0. The Bertz CT molecular complexity index is 972. The molecule has 0 bridgehead atoms.